The molecule has 0 saturated carbocycles. The van der Waals surface area contributed by atoms with Gasteiger partial charge in [-0.2, -0.15) is 0 Å². The van der Waals surface area contributed by atoms with E-state index in [0.29, 0.717) is 11.3 Å². The van der Waals surface area contributed by atoms with E-state index in [1.165, 1.54) is 12.1 Å². The molecule has 0 atom stereocenters. The number of anilines is 1. The van der Waals surface area contributed by atoms with Crippen molar-refractivity contribution >= 4 is 28.5 Å². The summed E-state index contributed by atoms with van der Waals surface area (Å²) in [4.78, 5) is 33.0. The number of nitrogens with one attached hydrogen (secondary N) is 1. The molecule has 102 valence electrons. The van der Waals surface area contributed by atoms with Gasteiger partial charge >= 0.3 is 11.6 Å². The molecule has 0 unspecified atom stereocenters. The van der Waals surface area contributed by atoms with E-state index in [0.717, 1.165) is 23.1 Å². The van der Waals surface area contributed by atoms with Crippen molar-refractivity contribution in [3.05, 3.63) is 52.4 Å². The Morgan fingerprint density at radius 1 is 1.25 bits per heavy atom. The molecule has 0 radical (unpaired) electrons. The van der Waals surface area contributed by atoms with E-state index in [1.54, 1.807) is 19.1 Å². The molecule has 1 amide bonds. The molecule has 2 rings (SSSR count). The number of benzene rings is 1. The van der Waals surface area contributed by atoms with Crippen molar-refractivity contribution in [1.29, 1.82) is 0 Å². The van der Waals surface area contributed by atoms with Crippen LogP contribution in [0, 0.1) is 6.92 Å². The molecule has 1 aromatic carbocycles. The Hall–Kier alpha value is -2.89. The van der Waals surface area contributed by atoms with Crippen LogP contribution in [0.1, 0.15) is 5.56 Å². The Morgan fingerprint density at radius 2 is 2.00 bits per heavy atom. The van der Waals surface area contributed by atoms with E-state index < -0.39 is 17.5 Å². The first kappa shape index (κ1) is 13.5. The largest absolute Gasteiger partial charge is 0.478 e. The van der Waals surface area contributed by atoms with E-state index in [-0.39, 0.29) is 0 Å². The highest BCUT2D eigenvalue weighted by molar-refractivity contribution is 6.03. The second-order valence-corrected chi connectivity index (χ2v) is 4.12. The summed E-state index contributed by atoms with van der Waals surface area (Å²) in [6.07, 6.45) is 1.64. The lowest BCUT2D eigenvalue weighted by Gasteiger charge is -2.04. The van der Waals surface area contributed by atoms with Crippen molar-refractivity contribution in [3.63, 3.8) is 0 Å². The van der Waals surface area contributed by atoms with Gasteiger partial charge < -0.3 is 14.8 Å². The third-order valence-electron chi connectivity index (χ3n) is 2.60. The number of fused-ring (bicyclic) bond motifs is 1. The van der Waals surface area contributed by atoms with Crippen LogP contribution in [0.3, 0.4) is 0 Å². The van der Waals surface area contributed by atoms with E-state index in [4.69, 9.17) is 9.52 Å². The highest BCUT2D eigenvalue weighted by atomic mass is 16.4. The van der Waals surface area contributed by atoms with Crippen LogP contribution in [0.4, 0.5) is 5.69 Å². The van der Waals surface area contributed by atoms with Crippen LogP contribution in [0.15, 0.2) is 45.6 Å². The number of hydrogen-bond donors (Lipinski definition) is 2. The van der Waals surface area contributed by atoms with Crippen LogP contribution < -0.4 is 10.9 Å². The Morgan fingerprint density at radius 3 is 2.70 bits per heavy atom. The molecule has 0 aliphatic rings. The Balaban J connectivity index is 2.30. The maximum atomic E-state index is 11.4. The zero-order valence-corrected chi connectivity index (χ0v) is 10.5. The Labute approximate surface area is 113 Å². The van der Waals surface area contributed by atoms with Gasteiger partial charge in [-0.3, -0.25) is 4.79 Å². The number of carbonyl (C=O) groups is 2. The van der Waals surface area contributed by atoms with Gasteiger partial charge in [-0.25, -0.2) is 9.59 Å². The van der Waals surface area contributed by atoms with E-state index in [2.05, 4.69) is 5.32 Å². The predicted molar refractivity (Wildman–Crippen MR) is 72.6 cm³/mol. The van der Waals surface area contributed by atoms with Crippen molar-refractivity contribution in [3.8, 4) is 0 Å². The molecular formula is C14H11NO5. The summed E-state index contributed by atoms with van der Waals surface area (Å²) in [6, 6.07) is 6.25. The fourth-order valence-corrected chi connectivity index (χ4v) is 1.73. The number of aryl methyl sites for hydroxylation is 1. The van der Waals surface area contributed by atoms with Gasteiger partial charge in [-0.1, -0.05) is 0 Å². The second kappa shape index (κ2) is 5.40. The number of hydrogen-bond acceptors (Lipinski definition) is 4. The summed E-state index contributed by atoms with van der Waals surface area (Å²) in [6.45, 7) is 1.78. The lowest BCUT2D eigenvalue weighted by Crippen LogP contribution is -2.08. The number of rotatable bonds is 3. The van der Waals surface area contributed by atoms with Crippen LogP contribution in [0.5, 0.6) is 0 Å². The molecular weight excluding hydrogens is 262 g/mol. The minimum absolute atomic E-state index is 0.356. The van der Waals surface area contributed by atoms with Gasteiger partial charge in [-0.05, 0) is 24.6 Å². The van der Waals surface area contributed by atoms with E-state index in [9.17, 15) is 14.4 Å². The third-order valence-corrected chi connectivity index (χ3v) is 2.60. The minimum Gasteiger partial charge on any atom is -0.478 e. The number of carboxylic acids is 1. The minimum atomic E-state index is -1.21. The van der Waals surface area contributed by atoms with Gasteiger partial charge in [0.15, 0.2) is 0 Å². The molecule has 0 aliphatic carbocycles. The molecule has 0 fully saturated rings. The average Bonchev–Trinajstić information content (AvgIpc) is 2.35. The zero-order chi connectivity index (χ0) is 14.7. The zero-order valence-electron chi connectivity index (χ0n) is 10.5. The maximum absolute atomic E-state index is 11.4. The molecule has 1 heterocycles. The molecule has 2 aromatic rings. The van der Waals surface area contributed by atoms with E-state index >= 15 is 0 Å². The van der Waals surface area contributed by atoms with Gasteiger partial charge in [0.25, 0.3) is 0 Å². The van der Waals surface area contributed by atoms with Crippen molar-refractivity contribution < 1.29 is 19.1 Å². The normalized spacial score (nSPS) is 10.8. The fourth-order valence-electron chi connectivity index (χ4n) is 1.73. The summed E-state index contributed by atoms with van der Waals surface area (Å²) in [5, 5.41) is 11.7. The van der Waals surface area contributed by atoms with Gasteiger partial charge in [0.1, 0.15) is 5.58 Å². The quantitative estimate of drug-likeness (QED) is 0.655. The van der Waals surface area contributed by atoms with Crippen LogP contribution in [-0.4, -0.2) is 17.0 Å². The molecule has 1 aromatic heterocycles. The summed E-state index contributed by atoms with van der Waals surface area (Å²) in [7, 11) is 0. The predicted octanol–water partition coefficient (Wildman–Crippen LogP) is 1.68. The average molecular weight is 273 g/mol. The summed E-state index contributed by atoms with van der Waals surface area (Å²) < 4.78 is 5.04. The molecule has 6 nitrogen and oxygen atoms in total. The molecule has 20 heavy (non-hydrogen) atoms. The summed E-state index contributed by atoms with van der Waals surface area (Å²) in [5.41, 5.74) is 1.07. The smallest absolute Gasteiger partial charge is 0.336 e. The first-order valence-electron chi connectivity index (χ1n) is 5.72. The number of aliphatic carboxylic acids is 1. The third kappa shape index (κ3) is 3.11. The van der Waals surface area contributed by atoms with Crippen molar-refractivity contribution in [2.24, 2.45) is 0 Å². The number of amides is 1. The SMILES string of the molecule is Cc1cc(=O)oc2cc(NC(=O)/C=C/C(=O)O)ccc12. The lowest BCUT2D eigenvalue weighted by atomic mass is 10.1. The van der Waals surface area contributed by atoms with Crippen LogP contribution in [-0.2, 0) is 9.59 Å². The highest BCUT2D eigenvalue weighted by Crippen LogP contribution is 2.20. The summed E-state index contributed by atoms with van der Waals surface area (Å²) >= 11 is 0. The molecule has 0 bridgehead atoms. The maximum Gasteiger partial charge on any atom is 0.336 e. The van der Waals surface area contributed by atoms with Crippen molar-refractivity contribution in [2.75, 3.05) is 5.32 Å². The first-order valence-corrected chi connectivity index (χ1v) is 5.72. The number of carbonyl (C=O) groups excluding carboxylic acids is 1. The van der Waals surface area contributed by atoms with Crippen LogP contribution in [0.25, 0.3) is 11.0 Å². The molecule has 2 N–H and O–H groups in total. The summed E-state index contributed by atoms with van der Waals surface area (Å²) in [5.74, 6) is -1.79. The monoisotopic (exact) mass is 273 g/mol. The van der Waals surface area contributed by atoms with Gasteiger partial charge in [0, 0.05) is 35.4 Å². The molecule has 0 aliphatic heterocycles. The number of carboxylic acid groups (broad SMARTS) is 1. The Bertz CT molecular complexity index is 773. The first-order chi connectivity index (χ1) is 9.45. The van der Waals surface area contributed by atoms with Crippen molar-refractivity contribution in [2.45, 2.75) is 6.92 Å². The highest BCUT2D eigenvalue weighted by Gasteiger charge is 2.05. The lowest BCUT2D eigenvalue weighted by molar-refractivity contribution is -0.131. The van der Waals surface area contributed by atoms with Gasteiger partial charge in [0.2, 0.25) is 5.91 Å². The standard InChI is InChI=1S/C14H11NO5/c1-8-6-14(19)20-11-7-9(2-3-10(8)11)15-12(16)4-5-13(17)18/h2-7H,1H3,(H,15,16)(H,17,18)/b5-4+. The van der Waals surface area contributed by atoms with Gasteiger partial charge in [0.05, 0.1) is 0 Å². The van der Waals surface area contributed by atoms with E-state index in [1.807, 2.05) is 0 Å². The fraction of sp³-hybridized carbons (Fsp3) is 0.0714. The molecule has 0 saturated heterocycles. The van der Waals surface area contributed by atoms with Crippen LogP contribution >= 0.6 is 0 Å². The topological polar surface area (TPSA) is 96.6 Å². The van der Waals surface area contributed by atoms with Gasteiger partial charge in [-0.15, -0.1) is 0 Å². The van der Waals surface area contributed by atoms with Crippen molar-refractivity contribution in [1.82, 2.24) is 0 Å². The molecule has 6 heteroatoms. The molecule has 0 spiro atoms. The Kier molecular flexibility index (Phi) is 3.65. The second-order valence-electron chi connectivity index (χ2n) is 4.12. The van der Waals surface area contributed by atoms with Crippen LogP contribution in [0.2, 0.25) is 0 Å².